The van der Waals surface area contributed by atoms with Crippen LogP contribution in [-0.2, 0) is 16.1 Å². The summed E-state index contributed by atoms with van der Waals surface area (Å²) >= 11 is 0. The standard InChI is InChI=1S/C19H29N3O3/c1-24-18-4-2-15(3-5-18)12-21-19(23)17-10-16(11-20-13-17)14-22-6-8-25-9-7-22/h2-5,16-17,20H,6-14H2,1H3,(H,21,23)/t16-,17+/m0/s1. The van der Waals surface area contributed by atoms with E-state index < -0.39 is 0 Å². The molecule has 1 amide bonds. The number of carbonyl (C=O) groups is 1. The summed E-state index contributed by atoms with van der Waals surface area (Å²) in [7, 11) is 1.65. The molecule has 0 bridgehead atoms. The second-order valence-corrected chi connectivity index (χ2v) is 6.94. The van der Waals surface area contributed by atoms with Crippen LogP contribution in [0.3, 0.4) is 0 Å². The molecule has 2 aliphatic heterocycles. The van der Waals surface area contributed by atoms with E-state index in [1.807, 2.05) is 24.3 Å². The number of hydrogen-bond donors (Lipinski definition) is 2. The zero-order valence-electron chi connectivity index (χ0n) is 15.0. The maximum Gasteiger partial charge on any atom is 0.224 e. The molecular formula is C19H29N3O3. The minimum Gasteiger partial charge on any atom is -0.497 e. The Morgan fingerprint density at radius 2 is 2.04 bits per heavy atom. The van der Waals surface area contributed by atoms with Gasteiger partial charge in [0.05, 0.1) is 26.2 Å². The van der Waals surface area contributed by atoms with Crippen molar-refractivity contribution < 1.29 is 14.3 Å². The molecule has 2 heterocycles. The van der Waals surface area contributed by atoms with E-state index in [0.29, 0.717) is 12.5 Å². The fourth-order valence-corrected chi connectivity index (χ4v) is 3.60. The molecule has 0 aliphatic carbocycles. The Morgan fingerprint density at radius 1 is 1.28 bits per heavy atom. The molecule has 6 heteroatoms. The smallest absolute Gasteiger partial charge is 0.224 e. The number of carbonyl (C=O) groups excluding carboxylic acids is 1. The number of nitrogens with one attached hydrogen (secondary N) is 2. The number of methoxy groups -OCH3 is 1. The highest BCUT2D eigenvalue weighted by Crippen LogP contribution is 2.19. The van der Waals surface area contributed by atoms with Gasteiger partial charge in [-0.2, -0.15) is 0 Å². The lowest BCUT2D eigenvalue weighted by Gasteiger charge is -2.34. The molecule has 25 heavy (non-hydrogen) atoms. The van der Waals surface area contributed by atoms with Crippen LogP contribution in [0, 0.1) is 11.8 Å². The third-order valence-corrected chi connectivity index (χ3v) is 5.06. The maximum absolute atomic E-state index is 12.5. The first kappa shape index (κ1) is 18.2. The highest BCUT2D eigenvalue weighted by atomic mass is 16.5. The first-order valence-electron chi connectivity index (χ1n) is 9.16. The Kier molecular flexibility index (Phi) is 6.67. The Labute approximate surface area is 149 Å². The van der Waals surface area contributed by atoms with Crippen molar-refractivity contribution in [1.29, 1.82) is 0 Å². The number of amides is 1. The van der Waals surface area contributed by atoms with Crippen LogP contribution in [0.15, 0.2) is 24.3 Å². The van der Waals surface area contributed by atoms with Crippen LogP contribution in [0.25, 0.3) is 0 Å². The molecule has 2 N–H and O–H groups in total. The average molecular weight is 347 g/mol. The van der Waals surface area contributed by atoms with Gasteiger partial charge in [-0.15, -0.1) is 0 Å². The normalized spacial score (nSPS) is 24.7. The SMILES string of the molecule is COc1ccc(CNC(=O)[C@H]2CNC[C@@H](CN3CCOCC3)C2)cc1. The average Bonchev–Trinajstić information content (AvgIpc) is 2.67. The minimum atomic E-state index is 0.0537. The summed E-state index contributed by atoms with van der Waals surface area (Å²) in [6.45, 7) is 7.05. The van der Waals surface area contributed by atoms with Crippen molar-refractivity contribution in [2.75, 3.05) is 53.0 Å². The van der Waals surface area contributed by atoms with Crippen LogP contribution in [0.5, 0.6) is 5.75 Å². The molecule has 1 aromatic carbocycles. The van der Waals surface area contributed by atoms with E-state index in [9.17, 15) is 4.79 Å². The topological polar surface area (TPSA) is 62.8 Å². The van der Waals surface area contributed by atoms with Crippen LogP contribution >= 0.6 is 0 Å². The van der Waals surface area contributed by atoms with Crippen LogP contribution in [0.1, 0.15) is 12.0 Å². The predicted octanol–water partition coefficient (Wildman–Crippen LogP) is 0.869. The molecule has 0 aromatic heterocycles. The first-order valence-corrected chi connectivity index (χ1v) is 9.16. The number of benzene rings is 1. The fraction of sp³-hybridized carbons (Fsp3) is 0.632. The van der Waals surface area contributed by atoms with Crippen molar-refractivity contribution in [1.82, 2.24) is 15.5 Å². The number of rotatable bonds is 6. The van der Waals surface area contributed by atoms with Gasteiger partial charge < -0.3 is 20.1 Å². The molecule has 6 nitrogen and oxygen atoms in total. The largest absolute Gasteiger partial charge is 0.497 e. The quantitative estimate of drug-likeness (QED) is 0.800. The van der Waals surface area contributed by atoms with Gasteiger partial charge in [-0.1, -0.05) is 12.1 Å². The summed E-state index contributed by atoms with van der Waals surface area (Å²) in [5.74, 6) is 1.56. The van der Waals surface area contributed by atoms with Crippen molar-refractivity contribution >= 4 is 5.91 Å². The third kappa shape index (κ3) is 5.42. The van der Waals surface area contributed by atoms with E-state index in [1.165, 1.54) is 0 Å². The van der Waals surface area contributed by atoms with Gasteiger partial charge in [-0.25, -0.2) is 0 Å². The van der Waals surface area contributed by atoms with E-state index in [4.69, 9.17) is 9.47 Å². The van der Waals surface area contributed by atoms with Gasteiger partial charge in [0.25, 0.3) is 0 Å². The summed E-state index contributed by atoms with van der Waals surface area (Å²) in [6.07, 6.45) is 0.957. The molecule has 138 valence electrons. The Hall–Kier alpha value is -1.63. The zero-order chi connectivity index (χ0) is 17.5. The molecule has 2 aliphatic rings. The number of nitrogens with zero attached hydrogens (tertiary/aromatic N) is 1. The molecule has 2 fully saturated rings. The first-order chi connectivity index (χ1) is 12.2. The van der Waals surface area contributed by atoms with Gasteiger partial charge >= 0.3 is 0 Å². The number of hydrogen-bond acceptors (Lipinski definition) is 5. The minimum absolute atomic E-state index is 0.0537. The molecule has 0 unspecified atom stereocenters. The van der Waals surface area contributed by atoms with E-state index in [0.717, 1.165) is 63.7 Å². The second-order valence-electron chi connectivity index (χ2n) is 6.94. The fourth-order valence-electron chi connectivity index (χ4n) is 3.60. The summed E-state index contributed by atoms with van der Waals surface area (Å²) < 4.78 is 10.6. The molecule has 0 saturated carbocycles. The predicted molar refractivity (Wildman–Crippen MR) is 96.6 cm³/mol. The van der Waals surface area contributed by atoms with Crippen molar-refractivity contribution in [2.24, 2.45) is 11.8 Å². The van der Waals surface area contributed by atoms with E-state index in [2.05, 4.69) is 15.5 Å². The summed E-state index contributed by atoms with van der Waals surface area (Å²) in [5.41, 5.74) is 1.09. The Bertz CT molecular complexity index is 543. The lowest BCUT2D eigenvalue weighted by atomic mass is 9.89. The van der Waals surface area contributed by atoms with Gasteiger partial charge in [-0.05, 0) is 36.6 Å². The maximum atomic E-state index is 12.5. The number of ether oxygens (including phenoxy) is 2. The van der Waals surface area contributed by atoms with Crippen molar-refractivity contribution in [3.05, 3.63) is 29.8 Å². The van der Waals surface area contributed by atoms with Crippen molar-refractivity contribution in [3.8, 4) is 5.75 Å². The van der Waals surface area contributed by atoms with Gasteiger partial charge in [0.1, 0.15) is 5.75 Å². The third-order valence-electron chi connectivity index (χ3n) is 5.06. The zero-order valence-corrected chi connectivity index (χ0v) is 15.0. The molecule has 0 radical (unpaired) electrons. The summed E-state index contributed by atoms with van der Waals surface area (Å²) in [5, 5.41) is 6.51. The Balaban J connectivity index is 1.44. The molecule has 3 rings (SSSR count). The Morgan fingerprint density at radius 3 is 2.76 bits per heavy atom. The number of piperidine rings is 1. The van der Waals surface area contributed by atoms with E-state index in [-0.39, 0.29) is 11.8 Å². The van der Waals surface area contributed by atoms with Crippen molar-refractivity contribution in [2.45, 2.75) is 13.0 Å². The molecule has 1 aromatic rings. The van der Waals surface area contributed by atoms with Crippen LogP contribution in [0.2, 0.25) is 0 Å². The van der Waals surface area contributed by atoms with Gasteiger partial charge in [0.2, 0.25) is 5.91 Å². The van der Waals surface area contributed by atoms with Crippen molar-refractivity contribution in [3.63, 3.8) is 0 Å². The molecule has 2 atom stereocenters. The number of morpholine rings is 1. The van der Waals surface area contributed by atoms with Crippen LogP contribution < -0.4 is 15.4 Å². The second kappa shape index (κ2) is 9.17. The lowest BCUT2D eigenvalue weighted by Crippen LogP contribution is -2.48. The monoisotopic (exact) mass is 347 g/mol. The summed E-state index contributed by atoms with van der Waals surface area (Å²) in [4.78, 5) is 15.0. The molecule has 0 spiro atoms. The highest BCUT2D eigenvalue weighted by molar-refractivity contribution is 5.79. The van der Waals surface area contributed by atoms with Crippen LogP contribution in [0.4, 0.5) is 0 Å². The lowest BCUT2D eigenvalue weighted by molar-refractivity contribution is -0.126. The molecule has 2 saturated heterocycles. The van der Waals surface area contributed by atoms with Gasteiger partial charge in [0, 0.05) is 32.7 Å². The van der Waals surface area contributed by atoms with E-state index in [1.54, 1.807) is 7.11 Å². The van der Waals surface area contributed by atoms with Gasteiger partial charge in [-0.3, -0.25) is 9.69 Å². The summed E-state index contributed by atoms with van der Waals surface area (Å²) in [6, 6.07) is 7.81. The molecular weight excluding hydrogens is 318 g/mol. The van der Waals surface area contributed by atoms with E-state index >= 15 is 0 Å². The highest BCUT2D eigenvalue weighted by Gasteiger charge is 2.28. The van der Waals surface area contributed by atoms with Gasteiger partial charge in [0.15, 0.2) is 0 Å². The van der Waals surface area contributed by atoms with Crippen LogP contribution in [-0.4, -0.2) is 63.9 Å².